The Bertz CT molecular complexity index is 828. The first kappa shape index (κ1) is 30.6. The monoisotopic (exact) mass is 538 g/mol. The first-order valence-electron chi connectivity index (χ1n) is 12.3. The van der Waals surface area contributed by atoms with Crippen molar-refractivity contribution in [2.45, 2.75) is 26.3 Å². The van der Waals surface area contributed by atoms with Gasteiger partial charge in [0.1, 0.15) is 20.2 Å². The minimum absolute atomic E-state index is 0.0755. The molecule has 0 saturated carbocycles. The summed E-state index contributed by atoms with van der Waals surface area (Å²) in [4.78, 5) is 39.4. The summed E-state index contributed by atoms with van der Waals surface area (Å²) >= 11 is 5.39. The van der Waals surface area contributed by atoms with Crippen molar-refractivity contribution in [1.82, 2.24) is 14.7 Å². The van der Waals surface area contributed by atoms with Crippen molar-refractivity contribution in [3.8, 4) is 0 Å². The molecule has 0 aliphatic carbocycles. The van der Waals surface area contributed by atoms with Gasteiger partial charge in [-0.05, 0) is 24.1 Å². The average Bonchev–Trinajstić information content (AvgIpc) is 2.89. The number of ether oxygens (including phenoxy) is 4. The molecule has 1 fully saturated rings. The molecular formula is C25H38N4O7S. The Balaban J connectivity index is 2.21. The molecule has 0 radical (unpaired) electrons. The van der Waals surface area contributed by atoms with Gasteiger partial charge in [-0.1, -0.05) is 38.2 Å². The van der Waals surface area contributed by atoms with Crippen molar-refractivity contribution in [2.75, 3.05) is 71.4 Å². The smallest absolute Gasteiger partial charge is 0.294 e. The third kappa shape index (κ3) is 12.0. The predicted octanol–water partition coefficient (Wildman–Crippen LogP) is 1.32. The van der Waals surface area contributed by atoms with Crippen LogP contribution in [0.3, 0.4) is 0 Å². The van der Waals surface area contributed by atoms with Crippen molar-refractivity contribution in [3.05, 3.63) is 29.8 Å². The van der Waals surface area contributed by atoms with E-state index in [1.807, 2.05) is 47.9 Å². The van der Waals surface area contributed by atoms with Gasteiger partial charge in [0.15, 0.2) is 0 Å². The number of benzene rings is 1. The third-order valence-electron chi connectivity index (χ3n) is 5.97. The minimum atomic E-state index is -0.0755. The molecule has 37 heavy (non-hydrogen) atoms. The van der Waals surface area contributed by atoms with Crippen molar-refractivity contribution >= 4 is 42.3 Å². The lowest BCUT2D eigenvalue weighted by Crippen LogP contribution is -2.50. The summed E-state index contributed by atoms with van der Waals surface area (Å²) in [6.45, 7) is 9.40. The first-order valence-corrected chi connectivity index (χ1v) is 12.7. The predicted molar refractivity (Wildman–Crippen MR) is 142 cm³/mol. The van der Waals surface area contributed by atoms with Gasteiger partial charge >= 0.3 is 0 Å². The number of anilines is 1. The van der Waals surface area contributed by atoms with E-state index in [2.05, 4.69) is 10.2 Å². The van der Waals surface area contributed by atoms with Gasteiger partial charge in [0, 0.05) is 50.4 Å². The van der Waals surface area contributed by atoms with Gasteiger partial charge in [-0.3, -0.25) is 29.1 Å². The van der Waals surface area contributed by atoms with Gasteiger partial charge in [-0.25, -0.2) is 0 Å². The Kier molecular flexibility index (Phi) is 14.7. The van der Waals surface area contributed by atoms with Crippen LogP contribution in [0.4, 0.5) is 5.69 Å². The third-order valence-corrected chi connectivity index (χ3v) is 6.54. The standard InChI is InChI=1S/C25H38N4O7S/c1-21(2)25(37)26-23-5-3-22(4-6-23)13-24-14-28(16-35-19-31)8-7-27(15-34-18-30)9-11-33-12-10-29(24)17-36-20-32/h3-6,18-21,24H,7-17H2,1-2H3,(H,26,37)/t24-/m0/s1. The Morgan fingerprint density at radius 2 is 1.54 bits per heavy atom. The summed E-state index contributed by atoms with van der Waals surface area (Å²) in [5, 5.41) is 3.26. The molecule has 2 rings (SSSR count). The van der Waals surface area contributed by atoms with Crippen molar-refractivity contribution in [1.29, 1.82) is 0 Å². The van der Waals surface area contributed by atoms with Crippen LogP contribution in [0.1, 0.15) is 19.4 Å². The van der Waals surface area contributed by atoms with Crippen LogP contribution < -0.4 is 5.32 Å². The highest BCUT2D eigenvalue weighted by atomic mass is 32.1. The summed E-state index contributed by atoms with van der Waals surface area (Å²) in [7, 11) is 0. The van der Waals surface area contributed by atoms with E-state index in [4.69, 9.17) is 31.2 Å². The Morgan fingerprint density at radius 3 is 2.19 bits per heavy atom. The van der Waals surface area contributed by atoms with Crippen LogP contribution in [0, 0.1) is 5.92 Å². The molecule has 0 spiro atoms. The largest absolute Gasteiger partial charge is 0.452 e. The van der Waals surface area contributed by atoms with E-state index in [-0.39, 0.29) is 32.2 Å². The maximum atomic E-state index is 11.0. The summed E-state index contributed by atoms with van der Waals surface area (Å²) in [5.74, 6) is 0.250. The molecule has 1 aliphatic rings. The number of hydrogen-bond acceptors (Lipinski definition) is 11. The molecule has 1 heterocycles. The second-order valence-corrected chi connectivity index (χ2v) is 9.43. The zero-order chi connectivity index (χ0) is 26.9. The summed E-state index contributed by atoms with van der Waals surface area (Å²) in [6, 6.07) is 8.00. The Morgan fingerprint density at radius 1 is 0.946 bits per heavy atom. The van der Waals surface area contributed by atoms with Gasteiger partial charge in [-0.2, -0.15) is 0 Å². The fraction of sp³-hybridized carbons (Fsp3) is 0.600. The van der Waals surface area contributed by atoms with E-state index >= 15 is 0 Å². The second kappa shape index (κ2) is 17.8. The highest BCUT2D eigenvalue weighted by Gasteiger charge is 2.24. The van der Waals surface area contributed by atoms with Crippen molar-refractivity contribution in [2.24, 2.45) is 5.92 Å². The molecule has 0 unspecified atom stereocenters. The highest BCUT2D eigenvalue weighted by molar-refractivity contribution is 7.80. The molecule has 1 saturated heterocycles. The number of rotatable bonds is 13. The Labute approximate surface area is 223 Å². The summed E-state index contributed by atoms with van der Waals surface area (Å²) < 4.78 is 21.0. The summed E-state index contributed by atoms with van der Waals surface area (Å²) in [6.07, 6.45) is 0.659. The lowest BCUT2D eigenvalue weighted by Gasteiger charge is -2.36. The molecule has 12 heteroatoms. The molecule has 11 nitrogen and oxygen atoms in total. The average molecular weight is 539 g/mol. The SMILES string of the molecule is CC(C)C(=S)Nc1ccc(C[C@H]2CN(COC=O)CCN(COC=O)CCOCCN2COC=O)cc1. The quantitative estimate of drug-likeness (QED) is 0.222. The number of nitrogens with one attached hydrogen (secondary N) is 1. The van der Waals surface area contributed by atoms with Crippen LogP contribution in [0.5, 0.6) is 0 Å². The molecule has 1 atom stereocenters. The van der Waals surface area contributed by atoms with Crippen LogP contribution in [0.15, 0.2) is 24.3 Å². The lowest BCUT2D eigenvalue weighted by atomic mass is 10.0. The molecule has 1 aromatic rings. The van der Waals surface area contributed by atoms with Crippen LogP contribution in [-0.2, 0) is 39.8 Å². The second-order valence-electron chi connectivity index (χ2n) is 8.99. The van der Waals surface area contributed by atoms with E-state index < -0.39 is 0 Å². The zero-order valence-corrected chi connectivity index (χ0v) is 22.4. The molecule has 1 aliphatic heterocycles. The van der Waals surface area contributed by atoms with Gasteiger partial charge in [-0.15, -0.1) is 0 Å². The van der Waals surface area contributed by atoms with Gasteiger partial charge in [0.25, 0.3) is 19.4 Å². The highest BCUT2D eigenvalue weighted by Crippen LogP contribution is 2.16. The molecule has 1 N–H and O–H groups in total. The van der Waals surface area contributed by atoms with Crippen LogP contribution in [0.25, 0.3) is 0 Å². The first-order chi connectivity index (χ1) is 18.0. The normalized spacial score (nSPS) is 18.7. The van der Waals surface area contributed by atoms with E-state index in [9.17, 15) is 14.4 Å². The summed E-state index contributed by atoms with van der Waals surface area (Å²) in [5.41, 5.74) is 2.02. The molecule has 0 aromatic heterocycles. The molecular weight excluding hydrogens is 500 g/mol. The Hall–Kier alpha value is -2.64. The minimum Gasteiger partial charge on any atom is -0.452 e. The van der Waals surface area contributed by atoms with E-state index in [0.717, 1.165) is 16.2 Å². The topological polar surface area (TPSA) is 110 Å². The number of carbonyl (C=O) groups excluding carboxylic acids is 3. The lowest BCUT2D eigenvalue weighted by molar-refractivity contribution is -0.138. The molecule has 0 bridgehead atoms. The number of hydrogen-bond donors (Lipinski definition) is 1. The number of thiocarbonyl (C=S) groups is 1. The van der Waals surface area contributed by atoms with Crippen LogP contribution in [-0.4, -0.2) is 111 Å². The van der Waals surface area contributed by atoms with E-state index in [1.165, 1.54) is 0 Å². The molecule has 206 valence electrons. The number of carbonyl (C=O) groups is 3. The van der Waals surface area contributed by atoms with Gasteiger partial charge in [0.2, 0.25) is 0 Å². The van der Waals surface area contributed by atoms with Crippen LogP contribution >= 0.6 is 12.2 Å². The fourth-order valence-electron chi connectivity index (χ4n) is 3.85. The fourth-order valence-corrected chi connectivity index (χ4v) is 3.97. The maximum absolute atomic E-state index is 11.0. The maximum Gasteiger partial charge on any atom is 0.294 e. The van der Waals surface area contributed by atoms with E-state index in [0.29, 0.717) is 71.8 Å². The van der Waals surface area contributed by atoms with Gasteiger partial charge in [0.05, 0.1) is 18.2 Å². The van der Waals surface area contributed by atoms with Crippen molar-refractivity contribution < 1.29 is 33.3 Å². The zero-order valence-electron chi connectivity index (χ0n) is 21.6. The molecule has 1 aromatic carbocycles. The van der Waals surface area contributed by atoms with Crippen molar-refractivity contribution in [3.63, 3.8) is 0 Å². The van der Waals surface area contributed by atoms with Gasteiger partial charge < -0.3 is 24.3 Å². The number of nitrogens with zero attached hydrogens (tertiary/aromatic N) is 3. The van der Waals surface area contributed by atoms with E-state index in [1.54, 1.807) is 0 Å². The molecule has 0 amide bonds. The van der Waals surface area contributed by atoms with Crippen LogP contribution in [0.2, 0.25) is 0 Å².